The second-order valence-electron chi connectivity index (χ2n) is 5.49. The fraction of sp³-hybridized carbons (Fsp3) is 0.235. The molecule has 8 N–H and O–H groups in total. The fourth-order valence-electron chi connectivity index (χ4n) is 2.59. The molecule has 2 aromatic carbocycles. The normalized spacial score (nSPS) is 11.9. The lowest BCUT2D eigenvalue weighted by molar-refractivity contribution is 0.0939. The molecule has 0 aliphatic carbocycles. The van der Waals surface area contributed by atoms with Crippen LogP contribution >= 0.6 is 0 Å². The average molecular weight is 327 g/mol. The molecule has 0 bridgehead atoms. The molecule has 7 heteroatoms. The predicted molar refractivity (Wildman–Crippen MR) is 94.7 cm³/mol. The van der Waals surface area contributed by atoms with Crippen LogP contribution in [0.5, 0.6) is 0 Å². The maximum Gasteiger partial charge on any atom is 0.250 e. The van der Waals surface area contributed by atoms with E-state index in [0.717, 1.165) is 5.39 Å². The number of hydrogen-bond donors (Lipinski definition) is 4. The zero-order valence-corrected chi connectivity index (χ0v) is 13.2. The highest BCUT2D eigenvalue weighted by molar-refractivity contribution is 6.16. The number of fused-ring (bicyclic) bond motifs is 1. The van der Waals surface area contributed by atoms with Gasteiger partial charge >= 0.3 is 0 Å². The number of aliphatic imine (C=N–C) groups is 1. The summed E-state index contributed by atoms with van der Waals surface area (Å²) in [5.41, 5.74) is 22.4. The summed E-state index contributed by atoms with van der Waals surface area (Å²) in [6, 6.07) is 9.88. The summed E-state index contributed by atoms with van der Waals surface area (Å²) < 4.78 is 0. The minimum atomic E-state index is -0.751. The first-order chi connectivity index (χ1) is 11.4. The van der Waals surface area contributed by atoms with Gasteiger partial charge in [-0.3, -0.25) is 14.6 Å². The maximum atomic E-state index is 12.6. The van der Waals surface area contributed by atoms with E-state index in [1.54, 1.807) is 24.3 Å². The van der Waals surface area contributed by atoms with Gasteiger partial charge in [0.25, 0.3) is 0 Å². The summed E-state index contributed by atoms with van der Waals surface area (Å²) in [5, 5.41) is 1.48. The van der Waals surface area contributed by atoms with E-state index in [2.05, 4.69) is 4.99 Å². The van der Waals surface area contributed by atoms with Gasteiger partial charge in [-0.2, -0.15) is 0 Å². The van der Waals surface area contributed by atoms with Crippen LogP contribution in [0.1, 0.15) is 33.6 Å². The summed E-state index contributed by atoms with van der Waals surface area (Å²) in [7, 11) is 0. The highest BCUT2D eigenvalue weighted by atomic mass is 16.1. The molecule has 7 nitrogen and oxygen atoms in total. The van der Waals surface area contributed by atoms with E-state index in [-0.39, 0.29) is 22.9 Å². The number of rotatable bonds is 7. The van der Waals surface area contributed by atoms with E-state index >= 15 is 0 Å². The van der Waals surface area contributed by atoms with Gasteiger partial charge in [-0.15, -0.1) is 0 Å². The molecule has 0 radical (unpaired) electrons. The van der Waals surface area contributed by atoms with Gasteiger partial charge in [0.05, 0.1) is 11.6 Å². The Hall–Kier alpha value is -2.93. The molecule has 2 aromatic rings. The quantitative estimate of drug-likeness (QED) is 0.253. The van der Waals surface area contributed by atoms with Crippen molar-refractivity contribution in [1.29, 1.82) is 0 Å². The molecule has 24 heavy (non-hydrogen) atoms. The summed E-state index contributed by atoms with van der Waals surface area (Å²) in [6.45, 7) is 0.393. The van der Waals surface area contributed by atoms with Crippen LogP contribution in [0.3, 0.4) is 0 Å². The highest BCUT2D eigenvalue weighted by Crippen LogP contribution is 2.23. The number of ketones is 1. The zero-order chi connectivity index (χ0) is 17.7. The Morgan fingerprint density at radius 2 is 1.75 bits per heavy atom. The van der Waals surface area contributed by atoms with Crippen molar-refractivity contribution < 1.29 is 9.59 Å². The second kappa shape index (κ2) is 7.56. The lowest BCUT2D eigenvalue weighted by atomic mass is 9.92. The van der Waals surface area contributed by atoms with E-state index in [4.69, 9.17) is 22.9 Å². The van der Waals surface area contributed by atoms with Gasteiger partial charge < -0.3 is 22.9 Å². The van der Waals surface area contributed by atoms with Crippen LogP contribution in [0.2, 0.25) is 0 Å². The van der Waals surface area contributed by atoms with E-state index in [1.165, 1.54) is 0 Å². The standard InChI is InChI=1S/C17H21N5O2/c18-13(6-3-9-22-17(20)21)15(23)12-8-7-10-4-1-2-5-11(10)14(12)16(19)24/h1-2,4-5,7-8,13H,3,6,9,18H2,(H2,19,24)(H4,20,21,22). The van der Waals surface area contributed by atoms with Gasteiger partial charge in [0.1, 0.15) is 0 Å². The number of amides is 1. The van der Waals surface area contributed by atoms with Crippen LogP contribution in [0.4, 0.5) is 0 Å². The molecule has 0 saturated carbocycles. The first-order valence-electron chi connectivity index (χ1n) is 7.58. The van der Waals surface area contributed by atoms with Crippen LogP contribution in [0, 0.1) is 0 Å². The maximum absolute atomic E-state index is 12.6. The van der Waals surface area contributed by atoms with E-state index in [0.29, 0.717) is 24.8 Å². The minimum absolute atomic E-state index is 0.000409. The molecule has 2 rings (SSSR count). The Morgan fingerprint density at radius 1 is 1.04 bits per heavy atom. The molecule has 0 heterocycles. The average Bonchev–Trinajstić information content (AvgIpc) is 2.56. The number of benzene rings is 2. The van der Waals surface area contributed by atoms with E-state index in [1.807, 2.05) is 12.1 Å². The fourth-order valence-corrected chi connectivity index (χ4v) is 2.59. The smallest absolute Gasteiger partial charge is 0.250 e. The van der Waals surface area contributed by atoms with Gasteiger partial charge in [0.15, 0.2) is 11.7 Å². The number of nitrogens with two attached hydrogens (primary N) is 4. The summed E-state index contributed by atoms with van der Waals surface area (Å²) in [6.07, 6.45) is 0.963. The number of carbonyl (C=O) groups is 2. The van der Waals surface area contributed by atoms with Gasteiger partial charge in [-0.25, -0.2) is 0 Å². The number of hydrogen-bond acceptors (Lipinski definition) is 4. The molecule has 1 atom stereocenters. The van der Waals surface area contributed by atoms with Crippen molar-refractivity contribution >= 4 is 28.4 Å². The molecule has 1 unspecified atom stereocenters. The molecule has 1 amide bonds. The Kier molecular flexibility index (Phi) is 5.49. The highest BCUT2D eigenvalue weighted by Gasteiger charge is 2.22. The molecule has 126 valence electrons. The van der Waals surface area contributed by atoms with Crippen molar-refractivity contribution in [1.82, 2.24) is 0 Å². The lowest BCUT2D eigenvalue weighted by Crippen LogP contribution is -2.32. The van der Waals surface area contributed by atoms with E-state index in [9.17, 15) is 9.59 Å². The first kappa shape index (κ1) is 17.4. The number of nitrogens with zero attached hydrogens (tertiary/aromatic N) is 1. The first-order valence-corrected chi connectivity index (χ1v) is 7.58. The van der Waals surface area contributed by atoms with Gasteiger partial charge in [-0.1, -0.05) is 30.3 Å². The molecule has 0 aliphatic heterocycles. The van der Waals surface area contributed by atoms with Crippen LogP contribution < -0.4 is 22.9 Å². The number of guanidine groups is 1. The Bertz CT molecular complexity index is 797. The van der Waals surface area contributed by atoms with Gasteiger partial charge in [0, 0.05) is 12.1 Å². The predicted octanol–water partition coefficient (Wildman–Crippen LogP) is 0.502. The Balaban J connectivity index is 2.27. The van der Waals surface area contributed by atoms with Gasteiger partial charge in [0.2, 0.25) is 5.91 Å². The van der Waals surface area contributed by atoms with Crippen LogP contribution in [0.25, 0.3) is 10.8 Å². The van der Waals surface area contributed by atoms with Crippen LogP contribution in [-0.4, -0.2) is 30.2 Å². The van der Waals surface area contributed by atoms with Crippen molar-refractivity contribution in [2.24, 2.45) is 27.9 Å². The van der Waals surface area contributed by atoms with Crippen molar-refractivity contribution in [3.8, 4) is 0 Å². The second-order valence-corrected chi connectivity index (χ2v) is 5.49. The third kappa shape index (κ3) is 3.88. The molecule has 0 fully saturated rings. The Labute approximate surface area is 139 Å². The third-order valence-corrected chi connectivity index (χ3v) is 3.75. The summed E-state index contributed by atoms with van der Waals surface area (Å²) in [5.74, 6) is -0.970. The largest absolute Gasteiger partial charge is 0.370 e. The summed E-state index contributed by atoms with van der Waals surface area (Å²) >= 11 is 0. The molecule has 0 saturated heterocycles. The van der Waals surface area contributed by atoms with Crippen molar-refractivity contribution in [2.45, 2.75) is 18.9 Å². The van der Waals surface area contributed by atoms with Gasteiger partial charge in [-0.05, 0) is 29.7 Å². The molecule has 0 aliphatic rings. The van der Waals surface area contributed by atoms with Crippen LogP contribution in [-0.2, 0) is 0 Å². The summed E-state index contributed by atoms with van der Waals surface area (Å²) in [4.78, 5) is 28.4. The molecular weight excluding hydrogens is 306 g/mol. The van der Waals surface area contributed by atoms with Crippen LogP contribution in [0.15, 0.2) is 41.4 Å². The molecule has 0 aromatic heterocycles. The van der Waals surface area contributed by atoms with Crippen molar-refractivity contribution in [3.63, 3.8) is 0 Å². The minimum Gasteiger partial charge on any atom is -0.370 e. The number of carbonyl (C=O) groups excluding carboxylic acids is 2. The zero-order valence-electron chi connectivity index (χ0n) is 13.2. The van der Waals surface area contributed by atoms with E-state index < -0.39 is 11.9 Å². The molecule has 0 spiro atoms. The third-order valence-electron chi connectivity index (χ3n) is 3.75. The lowest BCUT2D eigenvalue weighted by Gasteiger charge is -2.14. The monoisotopic (exact) mass is 327 g/mol. The molecular formula is C17H21N5O2. The Morgan fingerprint density at radius 3 is 2.42 bits per heavy atom. The number of primary amides is 1. The topological polar surface area (TPSA) is 151 Å². The van der Waals surface area contributed by atoms with Crippen molar-refractivity contribution in [2.75, 3.05) is 6.54 Å². The number of Topliss-reactive ketones (excluding diaryl/α,β-unsaturated/α-hetero) is 1. The van der Waals surface area contributed by atoms with Crippen molar-refractivity contribution in [3.05, 3.63) is 47.5 Å². The SMILES string of the molecule is NC(=O)c1c(C(=O)C(N)CCCN=C(N)N)ccc2ccccc12.